The zero-order valence-corrected chi connectivity index (χ0v) is 15.9. The van der Waals surface area contributed by atoms with Gasteiger partial charge in [-0.1, -0.05) is 11.6 Å². The Morgan fingerprint density at radius 2 is 1.85 bits per heavy atom. The molecule has 0 fully saturated rings. The van der Waals surface area contributed by atoms with Crippen molar-refractivity contribution in [3.8, 4) is 17.2 Å². The van der Waals surface area contributed by atoms with Crippen molar-refractivity contribution in [1.82, 2.24) is 5.43 Å². The van der Waals surface area contributed by atoms with E-state index in [-0.39, 0.29) is 12.5 Å². The van der Waals surface area contributed by atoms with Crippen LogP contribution in [0.1, 0.15) is 18.1 Å². The summed E-state index contributed by atoms with van der Waals surface area (Å²) in [6, 6.07) is 10.6. The van der Waals surface area contributed by atoms with Crippen LogP contribution in [-0.2, 0) is 4.79 Å². The lowest BCUT2D eigenvalue weighted by Gasteiger charge is -2.10. The van der Waals surface area contributed by atoms with Gasteiger partial charge in [-0.2, -0.15) is 5.10 Å². The SMILES string of the molecule is COc1ccc(C(C)=NNC(=O)COc2ccc(Cl)c(C)c2)c(OC)c1. The summed E-state index contributed by atoms with van der Waals surface area (Å²) in [4.78, 5) is 11.9. The summed E-state index contributed by atoms with van der Waals surface area (Å²) in [6.45, 7) is 3.48. The number of nitrogens with one attached hydrogen (secondary N) is 1. The lowest BCUT2D eigenvalue weighted by atomic mass is 10.1. The summed E-state index contributed by atoms with van der Waals surface area (Å²) in [6.07, 6.45) is 0. The third kappa shape index (κ3) is 5.13. The molecule has 0 saturated heterocycles. The Labute approximate surface area is 157 Å². The highest BCUT2D eigenvalue weighted by Gasteiger charge is 2.09. The van der Waals surface area contributed by atoms with E-state index in [2.05, 4.69) is 10.5 Å². The van der Waals surface area contributed by atoms with Crippen molar-refractivity contribution in [2.24, 2.45) is 5.10 Å². The Morgan fingerprint density at radius 1 is 1.12 bits per heavy atom. The van der Waals surface area contributed by atoms with Gasteiger partial charge in [-0.05, 0) is 49.7 Å². The predicted octanol–water partition coefficient (Wildman–Crippen LogP) is 3.58. The smallest absolute Gasteiger partial charge is 0.277 e. The van der Waals surface area contributed by atoms with Crippen molar-refractivity contribution in [1.29, 1.82) is 0 Å². The fourth-order valence-electron chi connectivity index (χ4n) is 2.19. The van der Waals surface area contributed by atoms with Gasteiger partial charge in [0.1, 0.15) is 17.2 Å². The minimum atomic E-state index is -0.371. The number of hydrogen-bond acceptors (Lipinski definition) is 5. The van der Waals surface area contributed by atoms with E-state index in [1.165, 1.54) is 0 Å². The topological polar surface area (TPSA) is 69.2 Å². The van der Waals surface area contributed by atoms with Crippen LogP contribution in [0.25, 0.3) is 0 Å². The summed E-state index contributed by atoms with van der Waals surface area (Å²) >= 11 is 5.96. The first kappa shape index (κ1) is 19.6. The predicted molar refractivity (Wildman–Crippen MR) is 102 cm³/mol. The molecule has 6 nitrogen and oxygen atoms in total. The fourth-order valence-corrected chi connectivity index (χ4v) is 2.31. The molecule has 0 atom stereocenters. The Kier molecular flexibility index (Phi) is 6.86. The quantitative estimate of drug-likeness (QED) is 0.592. The highest BCUT2D eigenvalue weighted by molar-refractivity contribution is 6.31. The first-order chi connectivity index (χ1) is 12.4. The number of carbonyl (C=O) groups is 1. The third-order valence-electron chi connectivity index (χ3n) is 3.65. The molecular weight excluding hydrogens is 356 g/mol. The minimum Gasteiger partial charge on any atom is -0.497 e. The van der Waals surface area contributed by atoms with Gasteiger partial charge in [-0.25, -0.2) is 5.43 Å². The van der Waals surface area contributed by atoms with Gasteiger partial charge in [0.15, 0.2) is 6.61 Å². The van der Waals surface area contributed by atoms with Gasteiger partial charge >= 0.3 is 0 Å². The number of rotatable bonds is 7. The van der Waals surface area contributed by atoms with Crippen LogP contribution in [0, 0.1) is 6.92 Å². The Hall–Kier alpha value is -2.73. The van der Waals surface area contributed by atoms with E-state index < -0.39 is 0 Å². The number of halogens is 1. The number of nitrogens with zero attached hydrogens (tertiary/aromatic N) is 1. The lowest BCUT2D eigenvalue weighted by molar-refractivity contribution is -0.123. The normalized spacial score (nSPS) is 11.0. The number of amides is 1. The number of aryl methyl sites for hydroxylation is 1. The fraction of sp³-hybridized carbons (Fsp3) is 0.263. The molecule has 0 aliphatic heterocycles. The molecule has 0 spiro atoms. The van der Waals surface area contributed by atoms with Gasteiger partial charge < -0.3 is 14.2 Å². The van der Waals surface area contributed by atoms with Crippen molar-refractivity contribution in [3.63, 3.8) is 0 Å². The Bertz CT molecular complexity index is 821. The lowest BCUT2D eigenvalue weighted by Crippen LogP contribution is -2.25. The third-order valence-corrected chi connectivity index (χ3v) is 4.07. The van der Waals surface area contributed by atoms with Crippen LogP contribution < -0.4 is 19.6 Å². The molecule has 7 heteroatoms. The van der Waals surface area contributed by atoms with E-state index in [0.29, 0.717) is 28.0 Å². The molecule has 138 valence electrons. The molecule has 0 saturated carbocycles. The molecule has 0 aromatic heterocycles. The maximum absolute atomic E-state index is 11.9. The van der Waals surface area contributed by atoms with Crippen molar-refractivity contribution < 1.29 is 19.0 Å². The molecule has 0 unspecified atom stereocenters. The van der Waals surface area contributed by atoms with Gasteiger partial charge in [0, 0.05) is 16.7 Å². The summed E-state index contributed by atoms with van der Waals surface area (Å²) in [5.74, 6) is 1.48. The van der Waals surface area contributed by atoms with Gasteiger partial charge in [0.05, 0.1) is 19.9 Å². The zero-order chi connectivity index (χ0) is 19.1. The highest BCUT2D eigenvalue weighted by Crippen LogP contribution is 2.25. The summed E-state index contributed by atoms with van der Waals surface area (Å²) < 4.78 is 15.9. The van der Waals surface area contributed by atoms with Gasteiger partial charge in [-0.15, -0.1) is 0 Å². The number of carbonyl (C=O) groups excluding carboxylic acids is 1. The average Bonchev–Trinajstić information content (AvgIpc) is 2.66. The van der Waals surface area contributed by atoms with E-state index >= 15 is 0 Å². The first-order valence-corrected chi connectivity index (χ1v) is 8.27. The highest BCUT2D eigenvalue weighted by atomic mass is 35.5. The molecule has 0 bridgehead atoms. The summed E-state index contributed by atoms with van der Waals surface area (Å²) in [5, 5.41) is 4.75. The summed E-state index contributed by atoms with van der Waals surface area (Å²) in [7, 11) is 3.14. The van der Waals surface area contributed by atoms with E-state index in [4.69, 9.17) is 25.8 Å². The Morgan fingerprint density at radius 3 is 2.50 bits per heavy atom. The maximum atomic E-state index is 11.9. The molecule has 0 radical (unpaired) electrons. The van der Waals surface area contributed by atoms with Crippen LogP contribution in [0.3, 0.4) is 0 Å². The standard InChI is InChI=1S/C19H21ClN2O4/c1-12-9-15(6-8-17(12)20)26-11-19(23)22-21-13(2)16-7-5-14(24-3)10-18(16)25-4/h5-10H,11H2,1-4H3,(H,22,23). The number of hydrogen-bond donors (Lipinski definition) is 1. The second-order valence-electron chi connectivity index (χ2n) is 5.50. The number of methoxy groups -OCH3 is 2. The number of benzene rings is 2. The number of ether oxygens (including phenoxy) is 3. The van der Waals surface area contributed by atoms with Gasteiger partial charge in [-0.3, -0.25) is 4.79 Å². The molecule has 2 aromatic rings. The minimum absolute atomic E-state index is 0.155. The molecule has 1 amide bonds. The molecule has 2 rings (SSSR count). The average molecular weight is 377 g/mol. The van der Waals surface area contributed by atoms with Crippen molar-refractivity contribution in [2.75, 3.05) is 20.8 Å². The molecule has 2 aromatic carbocycles. The van der Waals surface area contributed by atoms with Crippen LogP contribution in [0.15, 0.2) is 41.5 Å². The monoisotopic (exact) mass is 376 g/mol. The van der Waals surface area contributed by atoms with Crippen molar-refractivity contribution >= 4 is 23.2 Å². The molecule has 26 heavy (non-hydrogen) atoms. The van der Waals surface area contributed by atoms with Crippen molar-refractivity contribution in [3.05, 3.63) is 52.5 Å². The zero-order valence-electron chi connectivity index (χ0n) is 15.1. The second kappa shape index (κ2) is 9.10. The van der Waals surface area contributed by atoms with Crippen LogP contribution >= 0.6 is 11.6 Å². The molecular formula is C19H21ClN2O4. The number of hydrazone groups is 1. The second-order valence-corrected chi connectivity index (χ2v) is 5.91. The molecule has 0 heterocycles. The van der Waals surface area contributed by atoms with Crippen LogP contribution in [0.4, 0.5) is 0 Å². The Balaban J connectivity index is 1.97. The van der Waals surface area contributed by atoms with Gasteiger partial charge in [0.2, 0.25) is 0 Å². The van der Waals surface area contributed by atoms with Crippen molar-refractivity contribution in [2.45, 2.75) is 13.8 Å². The maximum Gasteiger partial charge on any atom is 0.277 e. The van der Waals surface area contributed by atoms with E-state index in [1.54, 1.807) is 51.5 Å². The largest absolute Gasteiger partial charge is 0.497 e. The molecule has 0 aliphatic carbocycles. The van der Waals surface area contributed by atoms with E-state index in [9.17, 15) is 4.79 Å². The van der Waals surface area contributed by atoms with Crippen LogP contribution in [-0.4, -0.2) is 32.4 Å². The van der Waals surface area contributed by atoms with E-state index in [0.717, 1.165) is 11.1 Å². The molecule has 1 N–H and O–H groups in total. The summed E-state index contributed by atoms with van der Waals surface area (Å²) in [5.41, 5.74) is 4.70. The van der Waals surface area contributed by atoms with Crippen LogP contribution in [0.5, 0.6) is 17.2 Å². The van der Waals surface area contributed by atoms with Gasteiger partial charge in [0.25, 0.3) is 5.91 Å². The van der Waals surface area contributed by atoms with E-state index in [1.807, 2.05) is 13.0 Å². The first-order valence-electron chi connectivity index (χ1n) is 7.89. The van der Waals surface area contributed by atoms with Crippen LogP contribution in [0.2, 0.25) is 5.02 Å². The molecule has 0 aliphatic rings.